The lowest BCUT2D eigenvalue weighted by Crippen LogP contribution is -2.41. The molecule has 0 radical (unpaired) electrons. The molecule has 0 saturated heterocycles. The number of alkyl halides is 1. The molecule has 0 heterocycles. The maximum absolute atomic E-state index is 11.1. The van der Waals surface area contributed by atoms with Crippen LogP contribution in [0.4, 0.5) is 4.79 Å². The molecule has 0 aromatic carbocycles. The monoisotopic (exact) mass is 218 g/mol. The lowest BCUT2D eigenvalue weighted by molar-refractivity contribution is -0.119. The number of hydrogen-bond acceptors (Lipinski definition) is 2. The molecule has 1 rings (SSSR count). The van der Waals surface area contributed by atoms with Crippen molar-refractivity contribution in [1.82, 2.24) is 10.6 Å². The standard InChI is InChI=1S/C9H15ClN2O2/c1-9(3-4-9)6-11-8(14)12-7(13)2-5-10/h2-6H2,1H3,(H2,11,12,13,14). The van der Waals surface area contributed by atoms with E-state index in [4.69, 9.17) is 11.6 Å². The lowest BCUT2D eigenvalue weighted by atomic mass is 10.1. The summed E-state index contributed by atoms with van der Waals surface area (Å²) in [7, 11) is 0. The van der Waals surface area contributed by atoms with Gasteiger partial charge in [0, 0.05) is 18.8 Å². The van der Waals surface area contributed by atoms with E-state index in [9.17, 15) is 9.59 Å². The van der Waals surface area contributed by atoms with E-state index < -0.39 is 6.03 Å². The van der Waals surface area contributed by atoms with Gasteiger partial charge in [-0.15, -0.1) is 11.6 Å². The average Bonchev–Trinajstić information content (AvgIpc) is 2.82. The molecule has 0 spiro atoms. The fraction of sp³-hybridized carbons (Fsp3) is 0.778. The summed E-state index contributed by atoms with van der Waals surface area (Å²) < 4.78 is 0. The van der Waals surface area contributed by atoms with E-state index in [1.807, 2.05) is 0 Å². The Balaban J connectivity index is 2.12. The van der Waals surface area contributed by atoms with Crippen LogP contribution in [0, 0.1) is 5.41 Å². The number of carbonyl (C=O) groups excluding carboxylic acids is 2. The van der Waals surface area contributed by atoms with E-state index in [0.29, 0.717) is 6.54 Å². The molecule has 0 aromatic rings. The van der Waals surface area contributed by atoms with Gasteiger partial charge in [-0.2, -0.15) is 0 Å². The highest BCUT2D eigenvalue weighted by atomic mass is 35.5. The van der Waals surface area contributed by atoms with Crippen molar-refractivity contribution in [2.24, 2.45) is 5.41 Å². The maximum Gasteiger partial charge on any atom is 0.321 e. The van der Waals surface area contributed by atoms with Gasteiger partial charge >= 0.3 is 6.03 Å². The Morgan fingerprint density at radius 1 is 1.43 bits per heavy atom. The van der Waals surface area contributed by atoms with Crippen LogP contribution in [0.1, 0.15) is 26.2 Å². The Hall–Kier alpha value is -0.770. The third kappa shape index (κ3) is 3.96. The van der Waals surface area contributed by atoms with Gasteiger partial charge in [0.15, 0.2) is 0 Å². The van der Waals surface area contributed by atoms with Crippen LogP contribution in [-0.2, 0) is 4.79 Å². The number of nitrogens with one attached hydrogen (secondary N) is 2. The first-order chi connectivity index (χ1) is 6.56. The van der Waals surface area contributed by atoms with Crippen LogP contribution in [0.5, 0.6) is 0 Å². The van der Waals surface area contributed by atoms with Crippen molar-refractivity contribution in [2.75, 3.05) is 12.4 Å². The molecule has 0 unspecified atom stereocenters. The quantitative estimate of drug-likeness (QED) is 0.698. The summed E-state index contributed by atoms with van der Waals surface area (Å²) in [4.78, 5) is 22.1. The number of urea groups is 1. The second kappa shape index (κ2) is 4.64. The van der Waals surface area contributed by atoms with Crippen LogP contribution in [0.3, 0.4) is 0 Å². The average molecular weight is 219 g/mol. The molecule has 0 bridgehead atoms. The van der Waals surface area contributed by atoms with Crippen LogP contribution in [0.15, 0.2) is 0 Å². The molecule has 1 aliphatic carbocycles. The van der Waals surface area contributed by atoms with Crippen molar-refractivity contribution < 1.29 is 9.59 Å². The topological polar surface area (TPSA) is 58.2 Å². The van der Waals surface area contributed by atoms with Gasteiger partial charge < -0.3 is 5.32 Å². The Kier molecular flexibility index (Phi) is 3.75. The third-order valence-electron chi connectivity index (χ3n) is 2.35. The lowest BCUT2D eigenvalue weighted by Gasteiger charge is -2.10. The van der Waals surface area contributed by atoms with Crippen LogP contribution in [0.25, 0.3) is 0 Å². The van der Waals surface area contributed by atoms with Crippen molar-refractivity contribution in [2.45, 2.75) is 26.2 Å². The fourth-order valence-corrected chi connectivity index (χ4v) is 1.17. The zero-order valence-corrected chi connectivity index (χ0v) is 8.99. The summed E-state index contributed by atoms with van der Waals surface area (Å²) in [5.41, 5.74) is 0.257. The molecular formula is C9H15ClN2O2. The van der Waals surface area contributed by atoms with Crippen molar-refractivity contribution in [3.8, 4) is 0 Å². The number of carbonyl (C=O) groups is 2. The van der Waals surface area contributed by atoms with Crippen LogP contribution >= 0.6 is 11.6 Å². The highest BCUT2D eigenvalue weighted by molar-refractivity contribution is 6.19. The van der Waals surface area contributed by atoms with Gasteiger partial charge in [-0.25, -0.2) is 4.79 Å². The zero-order chi connectivity index (χ0) is 10.6. The smallest absolute Gasteiger partial charge is 0.321 e. The largest absolute Gasteiger partial charge is 0.337 e. The summed E-state index contributed by atoms with van der Waals surface area (Å²) in [6.07, 6.45) is 2.46. The summed E-state index contributed by atoms with van der Waals surface area (Å²) in [5, 5.41) is 4.87. The maximum atomic E-state index is 11.1. The van der Waals surface area contributed by atoms with E-state index in [-0.39, 0.29) is 23.6 Å². The van der Waals surface area contributed by atoms with Crippen LogP contribution < -0.4 is 10.6 Å². The van der Waals surface area contributed by atoms with Crippen molar-refractivity contribution >= 4 is 23.5 Å². The molecule has 0 aromatic heterocycles. The summed E-state index contributed by atoms with van der Waals surface area (Å²) in [5.74, 6) is -0.102. The zero-order valence-electron chi connectivity index (χ0n) is 8.23. The number of halogens is 1. The van der Waals surface area contributed by atoms with Crippen molar-refractivity contribution in [3.63, 3.8) is 0 Å². The van der Waals surface area contributed by atoms with Gasteiger partial charge in [-0.3, -0.25) is 10.1 Å². The molecule has 0 aliphatic heterocycles. The van der Waals surface area contributed by atoms with Gasteiger partial charge in [0.2, 0.25) is 5.91 Å². The minimum Gasteiger partial charge on any atom is -0.337 e. The van der Waals surface area contributed by atoms with Crippen molar-refractivity contribution in [1.29, 1.82) is 0 Å². The van der Waals surface area contributed by atoms with E-state index in [0.717, 1.165) is 12.8 Å². The summed E-state index contributed by atoms with van der Waals surface area (Å²) in [6, 6.07) is -0.423. The van der Waals surface area contributed by atoms with Gasteiger partial charge in [-0.1, -0.05) is 6.92 Å². The first-order valence-corrected chi connectivity index (χ1v) is 5.23. The molecule has 0 atom stereocenters. The predicted molar refractivity (Wildman–Crippen MR) is 54.2 cm³/mol. The molecule has 80 valence electrons. The minimum absolute atomic E-state index is 0.173. The van der Waals surface area contributed by atoms with Gasteiger partial charge in [-0.05, 0) is 18.3 Å². The number of hydrogen-bond donors (Lipinski definition) is 2. The highest BCUT2D eigenvalue weighted by Crippen LogP contribution is 2.43. The Labute approximate surface area is 88.4 Å². The molecule has 1 saturated carbocycles. The number of rotatable bonds is 4. The van der Waals surface area contributed by atoms with E-state index in [2.05, 4.69) is 17.6 Å². The van der Waals surface area contributed by atoms with Gasteiger partial charge in [0.1, 0.15) is 0 Å². The molecule has 4 nitrogen and oxygen atoms in total. The minimum atomic E-state index is -0.423. The Morgan fingerprint density at radius 2 is 2.07 bits per heavy atom. The molecule has 14 heavy (non-hydrogen) atoms. The molecule has 5 heteroatoms. The molecule has 2 N–H and O–H groups in total. The van der Waals surface area contributed by atoms with Crippen LogP contribution in [-0.4, -0.2) is 24.4 Å². The van der Waals surface area contributed by atoms with E-state index >= 15 is 0 Å². The normalized spacial score (nSPS) is 17.3. The van der Waals surface area contributed by atoms with Gasteiger partial charge in [0.05, 0.1) is 0 Å². The molecule has 1 fully saturated rings. The van der Waals surface area contributed by atoms with Crippen molar-refractivity contribution in [3.05, 3.63) is 0 Å². The molecule has 1 aliphatic rings. The highest BCUT2D eigenvalue weighted by Gasteiger charge is 2.37. The summed E-state index contributed by atoms with van der Waals surface area (Å²) >= 11 is 5.35. The van der Waals surface area contributed by atoms with Crippen LogP contribution in [0.2, 0.25) is 0 Å². The second-order valence-electron chi connectivity index (χ2n) is 3.98. The predicted octanol–water partition coefficient (Wildman–Crippen LogP) is 1.24. The SMILES string of the molecule is CC1(CNC(=O)NC(=O)CCCl)CC1. The first-order valence-electron chi connectivity index (χ1n) is 4.69. The number of imide groups is 1. The fourth-order valence-electron chi connectivity index (χ4n) is 1.00. The molecule has 3 amide bonds. The third-order valence-corrected chi connectivity index (χ3v) is 2.54. The van der Waals surface area contributed by atoms with Gasteiger partial charge in [0.25, 0.3) is 0 Å². The van der Waals surface area contributed by atoms with E-state index in [1.54, 1.807) is 0 Å². The molecular weight excluding hydrogens is 204 g/mol. The second-order valence-corrected chi connectivity index (χ2v) is 4.36. The number of amides is 3. The Morgan fingerprint density at radius 3 is 2.57 bits per heavy atom. The Bertz CT molecular complexity index is 239. The summed E-state index contributed by atoms with van der Waals surface area (Å²) in [6.45, 7) is 2.74. The van der Waals surface area contributed by atoms with E-state index in [1.165, 1.54) is 0 Å². The first kappa shape index (κ1) is 11.3.